The number of carbonyl (C=O) groups excluding carboxylic acids is 5. The molecule has 8 aromatic carbocycles. The van der Waals surface area contributed by atoms with Crippen molar-refractivity contribution in [1.82, 2.24) is 38.0 Å². The zero-order valence-corrected chi connectivity index (χ0v) is 71.2. The van der Waals surface area contributed by atoms with Crippen LogP contribution in [0.3, 0.4) is 0 Å². The van der Waals surface area contributed by atoms with Gasteiger partial charge in [0.25, 0.3) is 52.3 Å². The van der Waals surface area contributed by atoms with Crippen LogP contribution < -0.4 is 18.9 Å². The van der Waals surface area contributed by atoms with Gasteiger partial charge in [-0.15, -0.1) is 0 Å². The van der Waals surface area contributed by atoms with Crippen LogP contribution in [0.25, 0.3) is 5.70 Å². The maximum atomic E-state index is 13.3. The molecule has 8 aromatic rings. The third kappa shape index (κ3) is 19.5. The minimum atomic E-state index is -3.91. The number of likely N-dealkylation sites (tertiary alicyclic amines) is 4. The van der Waals surface area contributed by atoms with Gasteiger partial charge < -0.3 is 67.3 Å². The number of nitro groups is 4. The highest BCUT2D eigenvalue weighted by molar-refractivity contribution is 7.89. The molecule has 126 heavy (non-hydrogen) atoms. The van der Waals surface area contributed by atoms with Crippen molar-refractivity contribution >= 4 is 78.0 Å². The lowest BCUT2D eigenvalue weighted by atomic mass is 9.97. The van der Waals surface area contributed by atoms with E-state index in [4.69, 9.17) is 37.9 Å². The van der Waals surface area contributed by atoms with E-state index in [0.717, 1.165) is 11.3 Å². The van der Waals surface area contributed by atoms with Crippen LogP contribution in [0.4, 0.5) is 22.7 Å². The molecule has 0 aliphatic carbocycles. The minimum absolute atomic E-state index is 0.00408. The average molecular weight is 1770 g/mol. The Balaban J connectivity index is 0.000000144. The van der Waals surface area contributed by atoms with Crippen LogP contribution in [0.1, 0.15) is 109 Å². The van der Waals surface area contributed by atoms with Crippen molar-refractivity contribution in [3.05, 3.63) is 275 Å². The number of hydrogen-bond donors (Lipinski definition) is 0. The van der Waals surface area contributed by atoms with Gasteiger partial charge in [-0.2, -0.15) is 8.61 Å². The summed E-state index contributed by atoms with van der Waals surface area (Å²) in [6.07, 6.45) is 3.69. The summed E-state index contributed by atoms with van der Waals surface area (Å²) >= 11 is 0. The van der Waals surface area contributed by atoms with E-state index < -0.39 is 62.6 Å². The SMILES string of the molecule is C=C(c1ccc([N+](=O)[O-])cc1)N1CCC2(CC1)OCCN2S(=O)(=O)c1ccc([N+](=O)[O-])cc1.COc1ccc(C(=O)N2CCC3(CC2)OCCN3C(=O)c2ccc(OC)cc2)cc1.COc1ccc(C(=O)N2CCC3(CC2)OCCN3S(=O)(=O)c2ccc(OC)cc2)cc1.O=C(c1ccc([N+](=O)[O-])cc1)N1CCC2(CC1)OCCN2C(=O)c1ccc([N+](=O)[O-])cc1. The number of carbonyl (C=O) groups is 5. The highest BCUT2D eigenvalue weighted by Crippen LogP contribution is 2.44. The van der Waals surface area contributed by atoms with Crippen molar-refractivity contribution in [3.8, 4) is 23.0 Å². The molecular formula is C87H94N12O25S2. The van der Waals surface area contributed by atoms with E-state index in [9.17, 15) is 81.3 Å². The molecule has 0 aromatic heterocycles. The number of amides is 5. The standard InChI is InChI=1S/C23H26N2O5.C22H26N2O6S.C21H22N4O7S.C21H20N4O7/c1-28-19-7-3-17(4-8-19)21(26)24-13-11-23(12-14-24)25(15-16-30-23)22(27)18-5-9-20(29-2)10-6-18;1-28-18-5-3-17(4-6-18)21(25)23-13-11-22(12-14-23)24(15-16-30-22)31(26,27)20-9-7-19(29-2)8-10-20;1-16(17-2-4-18(5-3-17)24(26)27)22-12-10-21(11-13-22)23(14-15-32-21)33(30,31)20-8-6-19(7-9-20)25(28)29;26-19(15-1-5-17(6-2-15)24(28)29)22-11-9-21(10-12-22)23(13-14-32-21)20(27)16-3-7-18(8-4-16)25(30)31/h3-10H,11-16H2,1-2H3;3-10H,11-16H2,1-2H3;2-9H,1,10-15H2;1-8H,9-14H2. The van der Waals surface area contributed by atoms with Crippen LogP contribution in [0.2, 0.25) is 0 Å². The van der Waals surface area contributed by atoms with Crippen LogP contribution in [0.5, 0.6) is 23.0 Å². The zero-order valence-electron chi connectivity index (χ0n) is 69.5. The molecule has 8 heterocycles. The largest absolute Gasteiger partial charge is 0.497 e. The van der Waals surface area contributed by atoms with Gasteiger partial charge in [0.05, 0.1) is 84.4 Å². The third-order valence-corrected chi connectivity index (χ3v) is 27.8. The molecule has 8 saturated heterocycles. The monoisotopic (exact) mass is 1770 g/mol. The smallest absolute Gasteiger partial charge is 0.269 e. The molecule has 0 atom stereocenters. The van der Waals surface area contributed by atoms with Crippen molar-refractivity contribution < 1.29 is 98.4 Å². The summed E-state index contributed by atoms with van der Waals surface area (Å²) in [5.41, 5.74) is 0.209. The summed E-state index contributed by atoms with van der Waals surface area (Å²) in [4.78, 5) is 117. The molecule has 0 unspecified atom stereocenters. The molecule has 0 radical (unpaired) electrons. The van der Waals surface area contributed by atoms with E-state index in [1.165, 1.54) is 101 Å². The van der Waals surface area contributed by atoms with E-state index >= 15 is 0 Å². The molecule has 37 nitrogen and oxygen atoms in total. The maximum absolute atomic E-state index is 13.3. The molecule has 8 aliphatic heterocycles. The summed E-state index contributed by atoms with van der Waals surface area (Å²) in [6.45, 7) is 10.6. The van der Waals surface area contributed by atoms with Gasteiger partial charge in [-0.25, -0.2) is 16.8 Å². The van der Waals surface area contributed by atoms with Gasteiger partial charge in [0.15, 0.2) is 0 Å². The Kier molecular flexibility index (Phi) is 27.9. The van der Waals surface area contributed by atoms with Gasteiger partial charge in [0.2, 0.25) is 20.0 Å². The van der Waals surface area contributed by atoms with Crippen molar-refractivity contribution in [1.29, 1.82) is 0 Å². The molecule has 4 spiro atoms. The molecule has 0 bridgehead atoms. The number of nitrogens with zero attached hydrogens (tertiary/aromatic N) is 12. The van der Waals surface area contributed by atoms with Gasteiger partial charge in [-0.3, -0.25) is 64.4 Å². The van der Waals surface area contributed by atoms with Crippen LogP contribution in [0, 0.1) is 40.5 Å². The number of ether oxygens (including phenoxy) is 8. The highest BCUT2D eigenvalue weighted by Gasteiger charge is 2.54. The Hall–Kier alpha value is -12.9. The fraction of sp³-hybridized carbons (Fsp3) is 0.368. The zero-order chi connectivity index (χ0) is 89.9. The number of piperidine rings is 4. The van der Waals surface area contributed by atoms with Crippen LogP contribution in [-0.4, -0.2) is 260 Å². The van der Waals surface area contributed by atoms with Crippen molar-refractivity contribution in [3.63, 3.8) is 0 Å². The molecule has 0 N–H and O–H groups in total. The number of non-ortho nitro benzene ring substituents is 4. The topological polar surface area (TPSA) is 426 Å². The average Bonchev–Trinajstić information content (AvgIpc) is 1.64. The predicted octanol–water partition coefficient (Wildman–Crippen LogP) is 10.8. The first-order valence-electron chi connectivity index (χ1n) is 40.5. The van der Waals surface area contributed by atoms with E-state index in [-0.39, 0.29) is 75.2 Å². The van der Waals surface area contributed by atoms with Crippen LogP contribution >= 0.6 is 0 Å². The number of nitro benzene ring substituents is 4. The fourth-order valence-corrected chi connectivity index (χ4v) is 20.2. The number of rotatable bonds is 19. The van der Waals surface area contributed by atoms with E-state index in [1.807, 2.05) is 14.7 Å². The molecule has 664 valence electrons. The Morgan fingerprint density at radius 2 is 0.516 bits per heavy atom. The van der Waals surface area contributed by atoms with Crippen LogP contribution in [-0.2, 0) is 39.0 Å². The first-order chi connectivity index (χ1) is 60.4. The van der Waals surface area contributed by atoms with Gasteiger partial charge in [-0.05, 0) is 151 Å². The number of benzene rings is 8. The van der Waals surface area contributed by atoms with Gasteiger partial charge in [-0.1, -0.05) is 6.58 Å². The van der Waals surface area contributed by atoms with Crippen molar-refractivity contribution in [2.45, 2.75) is 84.1 Å². The second kappa shape index (κ2) is 38.7. The van der Waals surface area contributed by atoms with Gasteiger partial charge in [0, 0.05) is 212 Å². The summed E-state index contributed by atoms with van der Waals surface area (Å²) in [7, 11) is -1.33. The number of sulfonamides is 2. The molecule has 5 amide bonds. The number of hydrogen-bond acceptors (Lipinski definition) is 26. The first kappa shape index (κ1) is 90.8. The second-order valence-electron chi connectivity index (χ2n) is 30.6. The van der Waals surface area contributed by atoms with E-state index in [2.05, 4.69) is 6.58 Å². The van der Waals surface area contributed by atoms with Gasteiger partial charge in [0.1, 0.15) is 45.9 Å². The Bertz CT molecular complexity index is 5560. The van der Waals surface area contributed by atoms with Crippen molar-refractivity contribution in [2.75, 3.05) is 133 Å². The molecule has 0 saturated carbocycles. The quantitative estimate of drug-likeness (QED) is 0.0536. The van der Waals surface area contributed by atoms with E-state index in [0.29, 0.717) is 194 Å². The van der Waals surface area contributed by atoms with E-state index in [1.54, 1.807) is 145 Å². The maximum Gasteiger partial charge on any atom is 0.269 e. The molecule has 8 aliphatic rings. The lowest BCUT2D eigenvalue weighted by Gasteiger charge is -2.44. The molecule has 39 heteroatoms. The summed E-state index contributed by atoms with van der Waals surface area (Å²) in [6, 6.07) is 49.4. The van der Waals surface area contributed by atoms with Crippen molar-refractivity contribution in [2.24, 2.45) is 0 Å². The van der Waals surface area contributed by atoms with Crippen LogP contribution in [0.15, 0.2) is 210 Å². The summed E-state index contributed by atoms with van der Waals surface area (Å²) in [5.74, 6) is 2.06. The first-order valence-corrected chi connectivity index (χ1v) is 43.4. The highest BCUT2D eigenvalue weighted by atomic mass is 32.2. The molecule has 8 fully saturated rings. The Labute approximate surface area is 725 Å². The molecular weight excluding hydrogens is 1680 g/mol. The summed E-state index contributed by atoms with van der Waals surface area (Å²) in [5, 5.41) is 43.4. The summed E-state index contributed by atoms with van der Waals surface area (Å²) < 4.78 is 101. The number of methoxy groups -OCH3 is 4. The third-order valence-electron chi connectivity index (χ3n) is 23.9. The minimum Gasteiger partial charge on any atom is -0.497 e. The Morgan fingerprint density at radius 3 is 0.794 bits per heavy atom. The Morgan fingerprint density at radius 1 is 0.302 bits per heavy atom. The second-order valence-corrected chi connectivity index (χ2v) is 34.3. The molecule has 16 rings (SSSR count). The van der Waals surface area contributed by atoms with Gasteiger partial charge >= 0.3 is 0 Å². The predicted molar refractivity (Wildman–Crippen MR) is 454 cm³/mol. The fourth-order valence-electron chi connectivity index (χ4n) is 16.8. The normalized spacial score (nSPS) is 18.1. The lowest BCUT2D eigenvalue weighted by molar-refractivity contribution is -0.385. The lowest BCUT2D eigenvalue weighted by Crippen LogP contribution is -2.55.